The molecule has 0 fully saturated rings. The second-order valence-corrected chi connectivity index (χ2v) is 7.35. The predicted molar refractivity (Wildman–Crippen MR) is 112 cm³/mol. The molecule has 118 valence electrons. The van der Waals surface area contributed by atoms with E-state index in [9.17, 15) is 0 Å². The first kappa shape index (κ1) is 14.7. The lowest BCUT2D eigenvalue weighted by Gasteiger charge is -2.10. The van der Waals surface area contributed by atoms with Crippen LogP contribution in [0.25, 0.3) is 43.4 Å². The smallest absolute Gasteiger partial charge is 0.0175 e. The number of hydrogen-bond donors (Lipinski definition) is 0. The van der Waals surface area contributed by atoms with E-state index in [0.717, 1.165) is 4.47 Å². The van der Waals surface area contributed by atoms with E-state index < -0.39 is 0 Å². The topological polar surface area (TPSA) is 0 Å². The van der Waals surface area contributed by atoms with Crippen LogP contribution in [0.5, 0.6) is 0 Å². The molecule has 5 rings (SSSR count). The molecule has 0 atom stereocenters. The van der Waals surface area contributed by atoms with Crippen LogP contribution in [0.4, 0.5) is 0 Å². The molecular weight excluding hydrogens is 368 g/mol. The fraction of sp³-hybridized carbons (Fsp3) is 0. The molecule has 5 aromatic rings. The van der Waals surface area contributed by atoms with Gasteiger partial charge in [0.2, 0.25) is 0 Å². The van der Waals surface area contributed by atoms with Crippen molar-refractivity contribution in [3.63, 3.8) is 0 Å². The van der Waals surface area contributed by atoms with Gasteiger partial charge in [-0.05, 0) is 79.8 Å². The third kappa shape index (κ3) is 2.52. The van der Waals surface area contributed by atoms with Gasteiger partial charge in [0.1, 0.15) is 0 Å². The van der Waals surface area contributed by atoms with Crippen LogP contribution in [0.3, 0.4) is 0 Å². The summed E-state index contributed by atoms with van der Waals surface area (Å²) >= 11 is 3.52. The van der Waals surface area contributed by atoms with Crippen molar-refractivity contribution in [3.05, 3.63) is 95.5 Å². The van der Waals surface area contributed by atoms with E-state index in [-0.39, 0.29) is 0 Å². The quantitative estimate of drug-likeness (QED) is 0.262. The molecule has 1 heteroatoms. The zero-order chi connectivity index (χ0) is 16.8. The van der Waals surface area contributed by atoms with Gasteiger partial charge in [-0.15, -0.1) is 0 Å². The Morgan fingerprint density at radius 1 is 0.480 bits per heavy atom. The Bertz CT molecular complexity index is 1230. The third-order valence-electron chi connectivity index (χ3n) is 4.86. The van der Waals surface area contributed by atoms with Crippen LogP contribution in [0, 0.1) is 0 Å². The molecule has 25 heavy (non-hydrogen) atoms. The summed E-state index contributed by atoms with van der Waals surface area (Å²) < 4.78 is 1.11. The highest BCUT2D eigenvalue weighted by molar-refractivity contribution is 9.10. The van der Waals surface area contributed by atoms with E-state index in [1.54, 1.807) is 0 Å². The number of halogens is 1. The van der Waals surface area contributed by atoms with Crippen LogP contribution >= 0.6 is 15.9 Å². The summed E-state index contributed by atoms with van der Waals surface area (Å²) in [5.74, 6) is 0. The lowest BCUT2D eigenvalue weighted by atomic mass is 9.94. The molecule has 0 spiro atoms. The number of benzene rings is 5. The molecule has 0 aliphatic carbocycles. The zero-order valence-electron chi connectivity index (χ0n) is 13.5. The van der Waals surface area contributed by atoms with Gasteiger partial charge in [-0.2, -0.15) is 0 Å². The molecule has 0 aromatic heterocycles. The molecule has 0 saturated heterocycles. The molecule has 0 unspecified atom stereocenters. The third-order valence-corrected chi connectivity index (χ3v) is 5.39. The lowest BCUT2D eigenvalue weighted by Crippen LogP contribution is -1.83. The minimum atomic E-state index is 1.11. The maximum Gasteiger partial charge on any atom is 0.0175 e. The Kier molecular flexibility index (Phi) is 3.36. The first-order valence-electron chi connectivity index (χ1n) is 8.39. The van der Waals surface area contributed by atoms with E-state index in [0.29, 0.717) is 0 Å². The first-order valence-corrected chi connectivity index (χ1v) is 9.18. The van der Waals surface area contributed by atoms with Crippen molar-refractivity contribution in [1.29, 1.82) is 0 Å². The molecule has 0 saturated carbocycles. The van der Waals surface area contributed by atoms with Crippen LogP contribution in [0.1, 0.15) is 0 Å². The molecule has 0 N–H and O–H groups in total. The van der Waals surface area contributed by atoms with Gasteiger partial charge in [0.25, 0.3) is 0 Å². The normalized spacial score (nSPS) is 11.4. The largest absolute Gasteiger partial charge is 0.0616 e. The Balaban J connectivity index is 1.83. The van der Waals surface area contributed by atoms with Crippen LogP contribution in [-0.2, 0) is 0 Å². The van der Waals surface area contributed by atoms with Crippen LogP contribution in [0.2, 0.25) is 0 Å². The number of fused-ring (bicyclic) bond motifs is 3. The van der Waals surface area contributed by atoms with Crippen molar-refractivity contribution < 1.29 is 0 Å². The molecular formula is C24H15Br. The Morgan fingerprint density at radius 2 is 1.08 bits per heavy atom. The molecule has 0 heterocycles. The van der Waals surface area contributed by atoms with Gasteiger partial charge < -0.3 is 0 Å². The molecule has 0 bridgehead atoms. The average Bonchev–Trinajstić information content (AvgIpc) is 2.65. The number of rotatable bonds is 1. The van der Waals surface area contributed by atoms with Gasteiger partial charge in [0.05, 0.1) is 0 Å². The SMILES string of the molecule is Brc1ccc(-c2cccc3cc4cc5ccccc5cc4cc23)cc1. The summed E-state index contributed by atoms with van der Waals surface area (Å²) in [5.41, 5.74) is 2.52. The highest BCUT2D eigenvalue weighted by Gasteiger charge is 2.06. The van der Waals surface area contributed by atoms with Crippen molar-refractivity contribution in [2.24, 2.45) is 0 Å². The van der Waals surface area contributed by atoms with Gasteiger partial charge >= 0.3 is 0 Å². The average molecular weight is 383 g/mol. The van der Waals surface area contributed by atoms with Crippen LogP contribution in [0.15, 0.2) is 95.5 Å². The summed E-state index contributed by atoms with van der Waals surface area (Å²) in [6.45, 7) is 0. The first-order chi connectivity index (χ1) is 12.3. The summed E-state index contributed by atoms with van der Waals surface area (Å²) in [5, 5.41) is 7.74. The lowest BCUT2D eigenvalue weighted by molar-refractivity contribution is 1.62. The zero-order valence-corrected chi connectivity index (χ0v) is 15.1. The van der Waals surface area contributed by atoms with E-state index >= 15 is 0 Å². The van der Waals surface area contributed by atoms with Gasteiger partial charge in [-0.1, -0.05) is 70.5 Å². The second-order valence-electron chi connectivity index (χ2n) is 6.43. The van der Waals surface area contributed by atoms with E-state index in [1.807, 2.05) is 0 Å². The summed E-state index contributed by atoms with van der Waals surface area (Å²) in [6.07, 6.45) is 0. The van der Waals surface area contributed by atoms with Gasteiger partial charge in [-0.25, -0.2) is 0 Å². The van der Waals surface area contributed by atoms with Gasteiger partial charge in [0.15, 0.2) is 0 Å². The molecule has 5 aromatic carbocycles. The Labute approximate surface area is 154 Å². The highest BCUT2D eigenvalue weighted by atomic mass is 79.9. The summed E-state index contributed by atoms with van der Waals surface area (Å²) in [4.78, 5) is 0. The van der Waals surface area contributed by atoms with Gasteiger partial charge in [0, 0.05) is 4.47 Å². The molecule has 0 aliphatic rings. The Hall–Kier alpha value is -2.64. The minimum Gasteiger partial charge on any atom is -0.0616 e. The van der Waals surface area contributed by atoms with Crippen LogP contribution in [-0.4, -0.2) is 0 Å². The van der Waals surface area contributed by atoms with Gasteiger partial charge in [-0.3, -0.25) is 0 Å². The van der Waals surface area contributed by atoms with Crippen LogP contribution < -0.4 is 0 Å². The molecule has 0 nitrogen and oxygen atoms in total. The molecule has 0 amide bonds. The second kappa shape index (κ2) is 5.72. The van der Waals surface area contributed by atoms with Crippen molar-refractivity contribution in [2.45, 2.75) is 0 Å². The fourth-order valence-corrected chi connectivity index (χ4v) is 3.86. The monoisotopic (exact) mass is 382 g/mol. The fourth-order valence-electron chi connectivity index (χ4n) is 3.60. The van der Waals surface area contributed by atoms with Crippen molar-refractivity contribution in [3.8, 4) is 11.1 Å². The van der Waals surface area contributed by atoms with E-state index in [2.05, 4.69) is 107 Å². The standard InChI is InChI=1S/C24H15Br/c25-22-10-8-16(9-11-22)23-7-3-6-19-14-20-12-17-4-1-2-5-18(17)13-21(20)15-24(19)23/h1-15H. The maximum absolute atomic E-state index is 3.52. The maximum atomic E-state index is 3.52. The summed E-state index contributed by atoms with van der Waals surface area (Å²) in [7, 11) is 0. The van der Waals surface area contributed by atoms with Crippen molar-refractivity contribution >= 4 is 48.2 Å². The summed E-state index contributed by atoms with van der Waals surface area (Å²) in [6, 6.07) is 32.9. The highest BCUT2D eigenvalue weighted by Crippen LogP contribution is 2.33. The van der Waals surface area contributed by atoms with Crippen molar-refractivity contribution in [2.75, 3.05) is 0 Å². The van der Waals surface area contributed by atoms with Crippen molar-refractivity contribution in [1.82, 2.24) is 0 Å². The molecule has 0 radical (unpaired) electrons. The minimum absolute atomic E-state index is 1.11. The number of hydrogen-bond acceptors (Lipinski definition) is 0. The molecule has 0 aliphatic heterocycles. The Morgan fingerprint density at radius 3 is 1.80 bits per heavy atom. The van der Waals surface area contributed by atoms with E-state index in [4.69, 9.17) is 0 Å². The van der Waals surface area contributed by atoms with E-state index in [1.165, 1.54) is 43.4 Å². The predicted octanol–water partition coefficient (Wildman–Crippen LogP) is 7.58.